The summed E-state index contributed by atoms with van der Waals surface area (Å²) in [5.74, 6) is 1.44. The minimum absolute atomic E-state index is 0.388. The molecule has 36 heavy (non-hydrogen) atoms. The number of rotatable bonds is 6. The van der Waals surface area contributed by atoms with E-state index >= 15 is 0 Å². The Kier molecular flexibility index (Phi) is 8.99. The van der Waals surface area contributed by atoms with Gasteiger partial charge in [-0.2, -0.15) is 0 Å². The number of carbonyl (C=O) groups excluding carboxylic acids is 2. The van der Waals surface area contributed by atoms with Crippen LogP contribution in [0.4, 0.5) is 32.3 Å². The molecule has 3 aromatic carbocycles. The molecular weight excluding hydrogens is 456 g/mol. The summed E-state index contributed by atoms with van der Waals surface area (Å²) in [7, 11) is 6.97. The van der Waals surface area contributed by atoms with E-state index in [0.717, 1.165) is 22.8 Å². The maximum atomic E-state index is 12.4. The van der Waals surface area contributed by atoms with E-state index < -0.39 is 0 Å². The van der Waals surface area contributed by atoms with Gasteiger partial charge in [-0.1, -0.05) is 24.3 Å². The molecule has 0 atom stereocenters. The van der Waals surface area contributed by atoms with E-state index in [1.54, 1.807) is 64.6 Å². The van der Waals surface area contributed by atoms with Crippen LogP contribution in [0.1, 0.15) is 11.1 Å². The number of amides is 4. The van der Waals surface area contributed by atoms with Crippen LogP contribution in [-0.4, -0.2) is 51.9 Å². The summed E-state index contributed by atoms with van der Waals surface area (Å²) in [6.07, 6.45) is 0. The Bertz CT molecular complexity index is 1170. The average Bonchev–Trinajstić information content (AvgIpc) is 2.87. The highest BCUT2D eigenvalue weighted by Crippen LogP contribution is 2.17. The van der Waals surface area contributed by atoms with Gasteiger partial charge in [0, 0.05) is 62.1 Å². The summed E-state index contributed by atoms with van der Waals surface area (Å²) in [5, 5.41) is 17.2. The Morgan fingerprint density at radius 2 is 0.917 bits per heavy atom. The number of carbonyl (C=O) groups is 2. The van der Waals surface area contributed by atoms with E-state index in [2.05, 4.69) is 41.9 Å². The smallest absolute Gasteiger partial charge is 0.323 e. The van der Waals surface area contributed by atoms with Crippen molar-refractivity contribution in [3.63, 3.8) is 0 Å². The minimum atomic E-state index is -0.388. The summed E-state index contributed by atoms with van der Waals surface area (Å²) in [6.45, 7) is 0. The largest absolute Gasteiger partial charge is 0.373 e. The molecule has 6 N–H and O–H groups in total. The number of anilines is 4. The Labute approximate surface area is 210 Å². The van der Waals surface area contributed by atoms with Crippen LogP contribution < -0.4 is 31.9 Å². The highest BCUT2D eigenvalue weighted by molar-refractivity contribution is 6.04. The van der Waals surface area contributed by atoms with Gasteiger partial charge in [-0.25, -0.2) is 9.59 Å². The van der Waals surface area contributed by atoms with Gasteiger partial charge >= 0.3 is 12.1 Å². The molecule has 0 spiro atoms. The number of benzene rings is 3. The average molecular weight is 487 g/mol. The maximum Gasteiger partial charge on any atom is 0.323 e. The van der Waals surface area contributed by atoms with Crippen LogP contribution in [0, 0.1) is 0 Å². The van der Waals surface area contributed by atoms with Crippen molar-refractivity contribution in [3.8, 4) is 0 Å². The second-order valence-electron chi connectivity index (χ2n) is 7.54. The van der Waals surface area contributed by atoms with Crippen molar-refractivity contribution in [2.24, 2.45) is 9.98 Å². The van der Waals surface area contributed by atoms with Gasteiger partial charge in [-0.05, 0) is 48.5 Å². The van der Waals surface area contributed by atoms with E-state index in [1.165, 1.54) is 0 Å². The van der Waals surface area contributed by atoms with Gasteiger partial charge in [0.05, 0.1) is 0 Å². The minimum Gasteiger partial charge on any atom is -0.373 e. The molecule has 10 heteroatoms. The summed E-state index contributed by atoms with van der Waals surface area (Å²) in [5.41, 5.74) is 4.14. The lowest BCUT2D eigenvalue weighted by Gasteiger charge is -2.12. The zero-order chi connectivity index (χ0) is 25.9. The fourth-order valence-electron chi connectivity index (χ4n) is 3.48. The summed E-state index contributed by atoms with van der Waals surface area (Å²) < 4.78 is 0. The van der Waals surface area contributed by atoms with E-state index in [-0.39, 0.29) is 12.1 Å². The zero-order valence-corrected chi connectivity index (χ0v) is 20.6. The molecule has 4 amide bonds. The maximum absolute atomic E-state index is 12.4. The SMILES string of the molecule is CN=C(NC)c1cccc(NC(=O)Nc2ccc(NC(=O)Nc3cccc(C(=NC)NC)c3)cc2)c1. The van der Waals surface area contributed by atoms with E-state index in [4.69, 9.17) is 0 Å². The van der Waals surface area contributed by atoms with E-state index in [0.29, 0.717) is 22.7 Å². The van der Waals surface area contributed by atoms with Gasteiger partial charge in [-0.15, -0.1) is 0 Å². The molecular formula is C26H30N8O2. The number of aliphatic imine (C=N–C) groups is 2. The lowest BCUT2D eigenvalue weighted by molar-refractivity contribution is 0.261. The number of nitrogens with one attached hydrogen (secondary N) is 6. The van der Waals surface area contributed by atoms with Gasteiger partial charge in [0.25, 0.3) is 0 Å². The van der Waals surface area contributed by atoms with Crippen LogP contribution >= 0.6 is 0 Å². The molecule has 0 heterocycles. The van der Waals surface area contributed by atoms with Crippen molar-refractivity contribution in [1.82, 2.24) is 10.6 Å². The first-order chi connectivity index (χ1) is 17.4. The first kappa shape index (κ1) is 25.8. The Morgan fingerprint density at radius 3 is 1.25 bits per heavy atom. The Hall–Kier alpha value is -4.86. The van der Waals surface area contributed by atoms with Crippen molar-refractivity contribution in [2.75, 3.05) is 49.5 Å². The fraction of sp³-hybridized carbons (Fsp3) is 0.154. The predicted molar refractivity (Wildman–Crippen MR) is 148 cm³/mol. The molecule has 0 unspecified atom stereocenters. The number of hydrogen-bond donors (Lipinski definition) is 6. The lowest BCUT2D eigenvalue weighted by atomic mass is 10.2. The third-order valence-electron chi connectivity index (χ3n) is 5.11. The van der Waals surface area contributed by atoms with Crippen LogP contribution in [0.15, 0.2) is 82.8 Å². The van der Waals surface area contributed by atoms with Crippen LogP contribution in [0.2, 0.25) is 0 Å². The summed E-state index contributed by atoms with van der Waals surface area (Å²) in [4.78, 5) is 33.2. The zero-order valence-electron chi connectivity index (χ0n) is 20.6. The lowest BCUT2D eigenvalue weighted by Crippen LogP contribution is -2.22. The molecule has 10 nitrogen and oxygen atoms in total. The van der Waals surface area contributed by atoms with Crippen molar-refractivity contribution in [3.05, 3.63) is 83.9 Å². The van der Waals surface area contributed by atoms with E-state index in [1.807, 2.05) is 36.4 Å². The normalized spacial score (nSPS) is 11.3. The number of hydrogen-bond acceptors (Lipinski definition) is 4. The topological polar surface area (TPSA) is 131 Å². The molecule has 0 aliphatic rings. The third-order valence-corrected chi connectivity index (χ3v) is 5.11. The second kappa shape index (κ2) is 12.6. The molecule has 0 bridgehead atoms. The molecule has 0 saturated heterocycles. The van der Waals surface area contributed by atoms with Crippen molar-refractivity contribution < 1.29 is 9.59 Å². The van der Waals surface area contributed by atoms with Crippen LogP contribution in [0.5, 0.6) is 0 Å². The highest BCUT2D eigenvalue weighted by atomic mass is 16.2. The number of nitrogens with zero attached hydrogens (tertiary/aromatic N) is 2. The molecule has 0 saturated carbocycles. The quantitative estimate of drug-likeness (QED) is 0.231. The highest BCUT2D eigenvalue weighted by Gasteiger charge is 2.08. The van der Waals surface area contributed by atoms with Crippen LogP contribution in [0.25, 0.3) is 0 Å². The Balaban J connectivity index is 1.55. The van der Waals surface area contributed by atoms with Gasteiger partial charge in [0.1, 0.15) is 11.7 Å². The van der Waals surface area contributed by atoms with Crippen LogP contribution in [-0.2, 0) is 0 Å². The molecule has 0 aliphatic carbocycles. The number of urea groups is 2. The molecule has 3 aromatic rings. The van der Waals surface area contributed by atoms with E-state index in [9.17, 15) is 9.59 Å². The summed E-state index contributed by atoms with van der Waals surface area (Å²) >= 11 is 0. The molecule has 3 rings (SSSR count). The summed E-state index contributed by atoms with van der Waals surface area (Å²) in [6, 6.07) is 20.8. The predicted octanol–water partition coefficient (Wildman–Crippen LogP) is 4.17. The molecule has 0 aliphatic heterocycles. The van der Waals surface area contributed by atoms with Crippen molar-refractivity contribution >= 4 is 46.5 Å². The van der Waals surface area contributed by atoms with Gasteiger partial charge < -0.3 is 31.9 Å². The molecule has 186 valence electrons. The molecule has 0 aromatic heterocycles. The fourth-order valence-corrected chi connectivity index (χ4v) is 3.48. The van der Waals surface area contributed by atoms with Gasteiger partial charge in [-0.3, -0.25) is 9.98 Å². The van der Waals surface area contributed by atoms with Crippen LogP contribution in [0.3, 0.4) is 0 Å². The Morgan fingerprint density at radius 1 is 0.556 bits per heavy atom. The van der Waals surface area contributed by atoms with Gasteiger partial charge in [0.15, 0.2) is 0 Å². The standard InChI is InChI=1S/C26H30N8O2/c1-27-23(28-2)17-7-5-9-21(15-17)33-25(35)31-19-11-13-20(14-12-19)32-26(36)34-22-10-6-8-18(16-22)24(29-3)30-4/h5-16H,1-4H3,(H,27,28)(H,29,30)(H2,31,33,35)(H2,32,34,36). The first-order valence-corrected chi connectivity index (χ1v) is 11.2. The van der Waals surface area contributed by atoms with Crippen molar-refractivity contribution in [2.45, 2.75) is 0 Å². The van der Waals surface area contributed by atoms with Crippen molar-refractivity contribution in [1.29, 1.82) is 0 Å². The molecule has 0 radical (unpaired) electrons. The first-order valence-electron chi connectivity index (χ1n) is 11.2. The third kappa shape index (κ3) is 7.07. The van der Waals surface area contributed by atoms with Gasteiger partial charge in [0.2, 0.25) is 0 Å². The number of amidine groups is 2. The second-order valence-corrected chi connectivity index (χ2v) is 7.54. The monoisotopic (exact) mass is 486 g/mol. The molecule has 0 fully saturated rings.